The van der Waals surface area contributed by atoms with Crippen molar-refractivity contribution >= 4 is 23.5 Å². The first kappa shape index (κ1) is 15.9. The maximum Gasteiger partial charge on any atom is 0.419 e. The smallest absolute Gasteiger partial charge is 0.271 e. The molecule has 20 heavy (non-hydrogen) atoms. The number of thioether (sulfide) groups is 2. The Morgan fingerprint density at radius 2 is 2.05 bits per heavy atom. The summed E-state index contributed by atoms with van der Waals surface area (Å²) >= 11 is 3.41. The maximum absolute atomic E-state index is 13.3. The molecule has 112 valence electrons. The van der Waals surface area contributed by atoms with Crippen LogP contribution in [-0.4, -0.2) is 22.5 Å². The van der Waals surface area contributed by atoms with Crippen LogP contribution in [0.5, 0.6) is 0 Å². The van der Waals surface area contributed by atoms with Crippen LogP contribution in [0.2, 0.25) is 0 Å². The third-order valence-corrected chi connectivity index (χ3v) is 5.91. The number of halogens is 4. The third kappa shape index (κ3) is 3.60. The number of rotatable bonds is 3. The van der Waals surface area contributed by atoms with Crippen molar-refractivity contribution in [1.29, 1.82) is 0 Å². The molecule has 3 N–H and O–H groups in total. The van der Waals surface area contributed by atoms with Gasteiger partial charge in [0, 0.05) is 22.5 Å². The molecule has 2 unspecified atom stereocenters. The summed E-state index contributed by atoms with van der Waals surface area (Å²) in [6.45, 7) is 0. The van der Waals surface area contributed by atoms with Crippen molar-refractivity contribution in [2.24, 2.45) is 5.84 Å². The molecule has 1 heterocycles. The van der Waals surface area contributed by atoms with E-state index in [0.29, 0.717) is 5.56 Å². The molecular weight excluding hydrogens is 312 g/mol. The van der Waals surface area contributed by atoms with Gasteiger partial charge in [-0.05, 0) is 17.7 Å². The molecule has 1 saturated heterocycles. The lowest BCUT2D eigenvalue weighted by molar-refractivity contribution is -0.140. The van der Waals surface area contributed by atoms with Crippen molar-refractivity contribution in [3.05, 3.63) is 35.1 Å². The van der Waals surface area contributed by atoms with Gasteiger partial charge in [-0.2, -0.15) is 36.7 Å². The van der Waals surface area contributed by atoms with E-state index in [4.69, 9.17) is 5.84 Å². The predicted molar refractivity (Wildman–Crippen MR) is 75.0 cm³/mol. The Balaban J connectivity index is 2.30. The molecule has 2 nitrogen and oxygen atoms in total. The fraction of sp³-hybridized carbons (Fsp3) is 0.500. The van der Waals surface area contributed by atoms with Crippen molar-refractivity contribution in [1.82, 2.24) is 5.43 Å². The number of hydrazine groups is 1. The van der Waals surface area contributed by atoms with Crippen molar-refractivity contribution in [3.8, 4) is 0 Å². The monoisotopic (exact) mass is 326 g/mol. The summed E-state index contributed by atoms with van der Waals surface area (Å²) in [7, 11) is 0. The Morgan fingerprint density at radius 3 is 2.60 bits per heavy atom. The highest BCUT2D eigenvalue weighted by Gasteiger charge is 2.35. The highest BCUT2D eigenvalue weighted by atomic mass is 32.2. The molecule has 2 atom stereocenters. The van der Waals surface area contributed by atoms with Crippen LogP contribution in [0.3, 0.4) is 0 Å². The van der Waals surface area contributed by atoms with Crippen LogP contribution in [0.1, 0.15) is 17.2 Å². The molecule has 1 fully saturated rings. The van der Waals surface area contributed by atoms with E-state index >= 15 is 0 Å². The molecule has 0 aliphatic carbocycles. The van der Waals surface area contributed by atoms with E-state index in [2.05, 4.69) is 5.43 Å². The van der Waals surface area contributed by atoms with E-state index in [-0.39, 0.29) is 5.25 Å². The number of alkyl halides is 3. The molecule has 0 spiro atoms. The van der Waals surface area contributed by atoms with Gasteiger partial charge in [0.2, 0.25) is 0 Å². The van der Waals surface area contributed by atoms with E-state index < -0.39 is 23.6 Å². The molecule has 1 aliphatic rings. The van der Waals surface area contributed by atoms with Gasteiger partial charge in [-0.25, -0.2) is 4.39 Å². The van der Waals surface area contributed by atoms with Gasteiger partial charge in [0.15, 0.2) is 0 Å². The minimum atomic E-state index is -4.70. The van der Waals surface area contributed by atoms with Crippen molar-refractivity contribution in [3.63, 3.8) is 0 Å². The first-order valence-corrected chi connectivity index (χ1v) is 8.16. The molecule has 0 radical (unpaired) electrons. The zero-order chi connectivity index (χ0) is 14.8. The Hall–Kier alpha value is -0.440. The highest BCUT2D eigenvalue weighted by molar-refractivity contribution is 8.06. The molecule has 0 amide bonds. The molecule has 0 aromatic heterocycles. The van der Waals surface area contributed by atoms with E-state index in [0.717, 1.165) is 29.4 Å². The van der Waals surface area contributed by atoms with Crippen LogP contribution in [0.15, 0.2) is 18.2 Å². The third-order valence-electron chi connectivity index (χ3n) is 3.05. The van der Waals surface area contributed by atoms with Crippen LogP contribution in [-0.2, 0) is 6.18 Å². The summed E-state index contributed by atoms with van der Waals surface area (Å²) in [6, 6.07) is 2.63. The lowest BCUT2D eigenvalue weighted by Crippen LogP contribution is -2.38. The summed E-state index contributed by atoms with van der Waals surface area (Å²) in [5.41, 5.74) is 1.68. The molecule has 8 heteroatoms. The van der Waals surface area contributed by atoms with Gasteiger partial charge in [-0.1, -0.05) is 6.07 Å². The minimum absolute atomic E-state index is 0.0743. The first-order valence-electron chi connectivity index (χ1n) is 5.95. The summed E-state index contributed by atoms with van der Waals surface area (Å²) in [6.07, 6.45) is -4.70. The molecule has 1 aromatic rings. The van der Waals surface area contributed by atoms with Gasteiger partial charge in [0.1, 0.15) is 5.82 Å². The molecule has 0 bridgehead atoms. The Morgan fingerprint density at radius 1 is 1.30 bits per heavy atom. The van der Waals surface area contributed by atoms with E-state index in [1.165, 1.54) is 6.07 Å². The van der Waals surface area contributed by atoms with E-state index in [1.807, 2.05) is 0 Å². The van der Waals surface area contributed by atoms with Crippen molar-refractivity contribution < 1.29 is 17.6 Å². The van der Waals surface area contributed by atoms with E-state index in [9.17, 15) is 17.6 Å². The molecule has 0 saturated carbocycles. The van der Waals surface area contributed by atoms with Crippen LogP contribution >= 0.6 is 23.5 Å². The normalized spacial score (nSPS) is 21.8. The second-order valence-corrected chi connectivity index (χ2v) is 6.86. The van der Waals surface area contributed by atoms with E-state index in [1.54, 1.807) is 23.5 Å². The van der Waals surface area contributed by atoms with Crippen LogP contribution < -0.4 is 11.3 Å². The quantitative estimate of drug-likeness (QED) is 0.508. The van der Waals surface area contributed by atoms with Crippen LogP contribution in [0.25, 0.3) is 0 Å². The largest absolute Gasteiger partial charge is 0.419 e. The zero-order valence-corrected chi connectivity index (χ0v) is 12.0. The van der Waals surface area contributed by atoms with Gasteiger partial charge in [0.25, 0.3) is 0 Å². The van der Waals surface area contributed by atoms with Gasteiger partial charge in [0.05, 0.1) is 11.6 Å². The second-order valence-electron chi connectivity index (χ2n) is 4.37. The Kier molecular flexibility index (Phi) is 5.22. The van der Waals surface area contributed by atoms with Gasteiger partial charge < -0.3 is 0 Å². The fourth-order valence-electron chi connectivity index (χ4n) is 2.07. The number of hydrogen-bond acceptors (Lipinski definition) is 4. The average molecular weight is 326 g/mol. The number of benzene rings is 1. The predicted octanol–water partition coefficient (Wildman–Crippen LogP) is 3.20. The topological polar surface area (TPSA) is 38.0 Å². The standard InChI is InChI=1S/C12H14F4N2S2/c13-9-2-1-7(5-8(9)12(14,15)16)11(18-17)10-6-19-3-4-20-10/h1-2,5,10-11,18H,3-4,6,17H2. The molecule has 2 rings (SSSR count). The number of hydrogen-bond donors (Lipinski definition) is 2. The van der Waals surface area contributed by atoms with Crippen LogP contribution in [0.4, 0.5) is 17.6 Å². The fourth-order valence-corrected chi connectivity index (χ4v) is 4.92. The lowest BCUT2D eigenvalue weighted by Gasteiger charge is -2.29. The summed E-state index contributed by atoms with van der Waals surface area (Å²) < 4.78 is 51.5. The summed E-state index contributed by atoms with van der Waals surface area (Å²) in [5, 5.41) is 0.0743. The van der Waals surface area contributed by atoms with Crippen molar-refractivity contribution in [2.45, 2.75) is 17.5 Å². The average Bonchev–Trinajstić information content (AvgIpc) is 2.41. The Bertz CT molecular complexity index is 461. The van der Waals surface area contributed by atoms with Crippen LogP contribution in [0, 0.1) is 5.82 Å². The first-order chi connectivity index (χ1) is 9.43. The summed E-state index contributed by atoms with van der Waals surface area (Å²) in [5.74, 6) is 6.98. The Labute approximate surface area is 122 Å². The summed E-state index contributed by atoms with van der Waals surface area (Å²) in [4.78, 5) is 0. The van der Waals surface area contributed by atoms with Gasteiger partial charge in [-0.3, -0.25) is 11.3 Å². The van der Waals surface area contributed by atoms with Gasteiger partial charge >= 0.3 is 6.18 Å². The number of nitrogens with two attached hydrogens (primary N) is 1. The second kappa shape index (κ2) is 6.55. The van der Waals surface area contributed by atoms with Gasteiger partial charge in [-0.15, -0.1) is 0 Å². The highest BCUT2D eigenvalue weighted by Crippen LogP contribution is 2.37. The molecule has 1 aliphatic heterocycles. The van der Waals surface area contributed by atoms with Crippen molar-refractivity contribution in [2.75, 3.05) is 17.3 Å². The molecule has 1 aromatic carbocycles. The number of nitrogens with one attached hydrogen (secondary N) is 1. The lowest BCUT2D eigenvalue weighted by atomic mass is 10.0. The minimum Gasteiger partial charge on any atom is -0.271 e. The molecular formula is C12H14F4N2S2. The zero-order valence-electron chi connectivity index (χ0n) is 10.4. The maximum atomic E-state index is 13.3. The SMILES string of the molecule is NNC(c1ccc(F)c(C(F)(F)F)c1)C1CSCCS1.